The van der Waals surface area contributed by atoms with E-state index in [4.69, 9.17) is 32.7 Å². The van der Waals surface area contributed by atoms with Gasteiger partial charge in [-0.25, -0.2) is 4.98 Å². The Morgan fingerprint density at radius 3 is 2.62 bits per heavy atom. The van der Waals surface area contributed by atoms with Gasteiger partial charge in [-0.2, -0.15) is 0 Å². The van der Waals surface area contributed by atoms with Crippen LogP contribution in [0.5, 0.6) is 11.5 Å². The van der Waals surface area contributed by atoms with Crippen molar-refractivity contribution in [2.45, 2.75) is 57.5 Å². The topological polar surface area (TPSA) is 92.1 Å². The Balaban J connectivity index is 1.08. The second kappa shape index (κ2) is 13.7. The minimum absolute atomic E-state index is 0.175. The lowest BCUT2D eigenvalue weighted by atomic mass is 9.95. The Kier molecular flexibility index (Phi) is 9.41. The summed E-state index contributed by atoms with van der Waals surface area (Å²) in [6.07, 6.45) is 2.82. The number of aliphatic hydroxyl groups is 1. The normalized spacial score (nSPS) is 19.3. The van der Waals surface area contributed by atoms with E-state index in [0.717, 1.165) is 84.5 Å². The van der Waals surface area contributed by atoms with Crippen LogP contribution >= 0.6 is 23.2 Å². The van der Waals surface area contributed by atoms with Crippen molar-refractivity contribution in [3.05, 3.63) is 98.0 Å². The number of methoxy groups -OCH3 is 1. The number of β-amino-alcohol motifs (C(OH)–C–C–N with tert-alkyl or cyclic N) is 1. The maximum Gasteiger partial charge on any atom is 0.287 e. The predicted octanol–water partition coefficient (Wildman–Crippen LogP) is 5.95. The average molecular weight is 691 g/mol. The second-order valence-corrected chi connectivity index (χ2v) is 13.9. The number of halogens is 2. The van der Waals surface area contributed by atoms with E-state index in [0.29, 0.717) is 47.0 Å². The number of likely N-dealkylation sites (tertiary alicyclic amines) is 1. The van der Waals surface area contributed by atoms with Gasteiger partial charge in [0.05, 0.1) is 29.0 Å². The molecule has 1 saturated heterocycles. The zero-order chi connectivity index (χ0) is 33.5. The number of carbonyl (C=O) groups is 1. The summed E-state index contributed by atoms with van der Waals surface area (Å²) in [7, 11) is 5.63. The Bertz CT molecular complexity index is 1860. The number of likely N-dealkylation sites (N-methyl/N-ethyl adjacent to an activating group) is 1. The molecule has 7 rings (SSSR count). The first-order valence-corrected chi connectivity index (χ1v) is 17.3. The van der Waals surface area contributed by atoms with E-state index < -0.39 is 0 Å². The number of imidazole rings is 1. The van der Waals surface area contributed by atoms with Crippen molar-refractivity contribution in [2.75, 3.05) is 33.8 Å². The van der Waals surface area contributed by atoms with Crippen LogP contribution in [-0.4, -0.2) is 70.3 Å². The Hall–Kier alpha value is -3.60. The highest BCUT2D eigenvalue weighted by Crippen LogP contribution is 2.44. The highest BCUT2D eigenvalue weighted by Gasteiger charge is 2.29. The van der Waals surface area contributed by atoms with Crippen LogP contribution in [-0.2, 0) is 39.5 Å². The Morgan fingerprint density at radius 2 is 1.83 bits per heavy atom. The fourth-order valence-electron chi connectivity index (χ4n) is 7.36. The molecule has 1 aromatic heterocycles. The van der Waals surface area contributed by atoms with Gasteiger partial charge < -0.3 is 29.4 Å². The number of aromatic nitrogens is 2. The monoisotopic (exact) mass is 689 g/mol. The minimum Gasteiger partial charge on any atom is -0.496 e. The number of nitrogens with zero attached hydrogens (tertiary/aromatic N) is 4. The third kappa shape index (κ3) is 6.42. The van der Waals surface area contributed by atoms with E-state index in [1.807, 2.05) is 48.0 Å². The van der Waals surface area contributed by atoms with Crippen molar-refractivity contribution < 1.29 is 19.4 Å². The van der Waals surface area contributed by atoms with E-state index >= 15 is 0 Å². The third-order valence-electron chi connectivity index (χ3n) is 9.92. The van der Waals surface area contributed by atoms with Crippen LogP contribution in [0, 0.1) is 0 Å². The fraction of sp³-hybridized carbons (Fsp3) is 0.405. The molecule has 0 spiro atoms. The average Bonchev–Trinajstić information content (AvgIpc) is 3.78. The van der Waals surface area contributed by atoms with Crippen LogP contribution in [0.15, 0.2) is 48.5 Å². The highest BCUT2D eigenvalue weighted by molar-refractivity contribution is 6.34. The molecule has 2 N–H and O–H groups in total. The molecule has 2 aliphatic heterocycles. The number of fused-ring (bicyclic) bond motifs is 2. The summed E-state index contributed by atoms with van der Waals surface area (Å²) in [5.74, 6) is 1.51. The summed E-state index contributed by atoms with van der Waals surface area (Å²) >= 11 is 13.8. The molecule has 2 atom stereocenters. The third-order valence-corrected chi connectivity index (χ3v) is 10.7. The van der Waals surface area contributed by atoms with E-state index in [1.165, 1.54) is 5.56 Å². The summed E-state index contributed by atoms with van der Waals surface area (Å²) in [6.45, 7) is 4.13. The zero-order valence-electron chi connectivity index (χ0n) is 27.6. The van der Waals surface area contributed by atoms with Crippen molar-refractivity contribution in [2.24, 2.45) is 7.05 Å². The predicted molar refractivity (Wildman–Crippen MR) is 187 cm³/mol. The Morgan fingerprint density at radius 1 is 1.02 bits per heavy atom. The molecule has 11 heteroatoms. The first-order chi connectivity index (χ1) is 23.2. The molecule has 4 aromatic rings. The first-order valence-electron chi connectivity index (χ1n) is 16.5. The lowest BCUT2D eigenvalue weighted by Gasteiger charge is -2.21. The molecule has 252 valence electrons. The molecule has 3 aliphatic rings. The molecule has 3 aromatic carbocycles. The molecular weight excluding hydrogens is 649 g/mol. The van der Waals surface area contributed by atoms with Gasteiger partial charge in [0.25, 0.3) is 5.91 Å². The number of rotatable bonds is 9. The van der Waals surface area contributed by atoms with Gasteiger partial charge >= 0.3 is 0 Å². The number of amides is 1. The van der Waals surface area contributed by atoms with Crippen LogP contribution in [0.3, 0.4) is 0 Å². The standard InChI is InChI=1S/C37H41Cl2N5O4/c1-42-14-13-31-30(21-42)41-36(43(31)2)37(46)40-18-22-6-4-9-28(35(22)39)25-7-5-8-27-26(25)10-11-32(27)48-34-17-33(47-3)23(16-29(34)38)19-44-15-12-24(45)20-44/h4-9,16-17,24,32,45H,10-15,18-21H2,1-3H3,(H,40,46)/t24-,32?/m1/s1. The van der Waals surface area contributed by atoms with Crippen molar-refractivity contribution >= 4 is 29.1 Å². The molecule has 9 nitrogen and oxygen atoms in total. The van der Waals surface area contributed by atoms with Gasteiger partial charge in [-0.3, -0.25) is 9.69 Å². The van der Waals surface area contributed by atoms with Gasteiger partial charge in [0, 0.05) is 75.6 Å². The molecule has 1 unspecified atom stereocenters. The van der Waals surface area contributed by atoms with Gasteiger partial charge in [-0.15, -0.1) is 0 Å². The number of nitrogens with one attached hydrogen (secondary N) is 1. The van der Waals surface area contributed by atoms with Gasteiger partial charge in [0.1, 0.15) is 17.6 Å². The summed E-state index contributed by atoms with van der Waals surface area (Å²) in [4.78, 5) is 22.3. The molecule has 0 radical (unpaired) electrons. The van der Waals surface area contributed by atoms with Crippen LogP contribution in [0.2, 0.25) is 10.0 Å². The molecule has 3 heterocycles. The SMILES string of the molecule is COc1cc(OC2CCc3c(-c4cccc(CNC(=O)c5nc6c(n5C)CCN(C)C6)c4Cl)cccc32)c(Cl)cc1CN1CC[C@@H](O)C1. The summed E-state index contributed by atoms with van der Waals surface area (Å²) < 4.78 is 14.2. The maximum absolute atomic E-state index is 13.2. The summed E-state index contributed by atoms with van der Waals surface area (Å²) in [5.41, 5.74) is 8.18. The second-order valence-electron chi connectivity index (χ2n) is 13.1. The van der Waals surface area contributed by atoms with E-state index in [-0.39, 0.29) is 18.1 Å². The molecule has 0 saturated carbocycles. The molecular formula is C37H41Cl2N5O4. The van der Waals surface area contributed by atoms with Crippen LogP contribution in [0.25, 0.3) is 11.1 Å². The quantitative estimate of drug-likeness (QED) is 0.224. The van der Waals surface area contributed by atoms with Gasteiger partial charge in [-0.05, 0) is 54.6 Å². The number of carbonyl (C=O) groups excluding carboxylic acids is 1. The Labute approximate surface area is 291 Å². The van der Waals surface area contributed by atoms with Gasteiger partial charge in [0.2, 0.25) is 0 Å². The largest absolute Gasteiger partial charge is 0.496 e. The lowest BCUT2D eigenvalue weighted by molar-refractivity contribution is 0.0937. The van der Waals surface area contributed by atoms with Crippen LogP contribution < -0.4 is 14.8 Å². The summed E-state index contributed by atoms with van der Waals surface area (Å²) in [5, 5.41) is 14.1. The molecule has 1 amide bonds. The molecule has 48 heavy (non-hydrogen) atoms. The van der Waals surface area contributed by atoms with Crippen molar-refractivity contribution in [3.63, 3.8) is 0 Å². The van der Waals surface area contributed by atoms with E-state index in [9.17, 15) is 9.90 Å². The highest BCUT2D eigenvalue weighted by atomic mass is 35.5. The van der Waals surface area contributed by atoms with Gasteiger partial charge in [-0.1, -0.05) is 59.6 Å². The first kappa shape index (κ1) is 32.9. The van der Waals surface area contributed by atoms with Crippen molar-refractivity contribution in [1.29, 1.82) is 0 Å². The number of ether oxygens (including phenoxy) is 2. The van der Waals surface area contributed by atoms with Crippen molar-refractivity contribution in [3.8, 4) is 22.6 Å². The smallest absolute Gasteiger partial charge is 0.287 e. The minimum atomic E-state index is -0.287. The van der Waals surface area contributed by atoms with Crippen LogP contribution in [0.1, 0.15) is 63.2 Å². The molecule has 0 bridgehead atoms. The van der Waals surface area contributed by atoms with Gasteiger partial charge in [0.15, 0.2) is 5.82 Å². The lowest BCUT2D eigenvalue weighted by Crippen LogP contribution is -2.27. The number of hydrogen-bond acceptors (Lipinski definition) is 7. The van der Waals surface area contributed by atoms with E-state index in [2.05, 4.69) is 39.3 Å². The molecule has 1 aliphatic carbocycles. The summed E-state index contributed by atoms with van der Waals surface area (Å²) in [6, 6.07) is 16.0. The number of hydrogen-bond donors (Lipinski definition) is 2. The number of benzene rings is 3. The fourth-order valence-corrected chi connectivity index (χ4v) is 7.89. The van der Waals surface area contributed by atoms with Crippen molar-refractivity contribution in [1.82, 2.24) is 24.7 Å². The zero-order valence-corrected chi connectivity index (χ0v) is 29.1. The molecule has 1 fully saturated rings. The number of aliphatic hydroxyl groups excluding tert-OH is 1. The van der Waals surface area contributed by atoms with Crippen LogP contribution in [0.4, 0.5) is 0 Å². The maximum atomic E-state index is 13.2. The van der Waals surface area contributed by atoms with E-state index in [1.54, 1.807) is 7.11 Å².